The highest BCUT2D eigenvalue weighted by Crippen LogP contribution is 2.32. The lowest BCUT2D eigenvalue weighted by Gasteiger charge is -2.23. The summed E-state index contributed by atoms with van der Waals surface area (Å²) in [5.41, 5.74) is 9.77. The third-order valence-electron chi connectivity index (χ3n) is 4.57. The van der Waals surface area contributed by atoms with Gasteiger partial charge < -0.3 is 15.4 Å². The number of anilines is 1. The number of aliphatic hydroxyl groups is 1. The van der Waals surface area contributed by atoms with Gasteiger partial charge in [-0.05, 0) is 51.5 Å². The Balaban J connectivity index is 2.22. The number of fused-ring (bicyclic) bond motifs is 3. The van der Waals surface area contributed by atoms with Crippen molar-refractivity contribution in [1.29, 1.82) is 0 Å². The molecule has 1 aliphatic carbocycles. The summed E-state index contributed by atoms with van der Waals surface area (Å²) in [6.45, 7) is 6.41. The van der Waals surface area contributed by atoms with E-state index in [9.17, 15) is 5.11 Å². The molecule has 5 nitrogen and oxygen atoms in total. The number of nitrogens with two attached hydrogens (primary N) is 1. The van der Waals surface area contributed by atoms with E-state index in [1.807, 2.05) is 13.8 Å². The molecule has 1 aliphatic rings. The number of imidazole rings is 1. The van der Waals surface area contributed by atoms with Crippen LogP contribution in [0, 0.1) is 0 Å². The first-order valence-electron chi connectivity index (χ1n) is 8.79. The number of hydrogen-bond acceptors (Lipinski definition) is 4. The number of rotatable bonds is 5. The van der Waals surface area contributed by atoms with E-state index in [1.165, 1.54) is 18.4 Å². The Kier molecular flexibility index (Phi) is 4.32. The Morgan fingerprint density at radius 2 is 1.96 bits per heavy atom. The summed E-state index contributed by atoms with van der Waals surface area (Å²) in [7, 11) is 0. The Labute approximate surface area is 137 Å². The van der Waals surface area contributed by atoms with Gasteiger partial charge in [0.2, 0.25) is 0 Å². The molecule has 2 heterocycles. The zero-order valence-corrected chi connectivity index (χ0v) is 14.5. The molecule has 0 aliphatic heterocycles. The summed E-state index contributed by atoms with van der Waals surface area (Å²) in [5, 5.41) is 10.4. The smallest absolute Gasteiger partial charge is 0.151 e. The fraction of sp³-hybridized carbons (Fsp3) is 0.667. The Morgan fingerprint density at radius 1 is 1.22 bits per heavy atom. The number of nitrogens with zero attached hydrogens (tertiary/aromatic N) is 3. The SMILES string of the molecule is CCCCc1nc2c(N)nc3c(c2n1CC(C)(C)O)CCCC3. The minimum Gasteiger partial charge on any atom is -0.389 e. The summed E-state index contributed by atoms with van der Waals surface area (Å²) in [5.74, 6) is 1.56. The van der Waals surface area contributed by atoms with Gasteiger partial charge in [-0.3, -0.25) is 0 Å². The van der Waals surface area contributed by atoms with Gasteiger partial charge in [0.05, 0.1) is 17.7 Å². The summed E-state index contributed by atoms with van der Waals surface area (Å²) >= 11 is 0. The van der Waals surface area contributed by atoms with Crippen LogP contribution in [-0.4, -0.2) is 25.2 Å². The van der Waals surface area contributed by atoms with Crippen LogP contribution < -0.4 is 5.73 Å². The standard InChI is InChI=1S/C18H28N4O/c1-4-5-10-14-21-15-16(22(14)11-18(2,3)23)12-8-6-7-9-13(12)20-17(15)19/h23H,4-11H2,1-3H3,(H2,19,20). The third kappa shape index (κ3) is 3.20. The van der Waals surface area contributed by atoms with Crippen molar-refractivity contribution in [1.82, 2.24) is 14.5 Å². The molecule has 0 atom stereocenters. The molecule has 3 N–H and O–H groups in total. The van der Waals surface area contributed by atoms with Crippen LogP contribution in [0.4, 0.5) is 5.82 Å². The van der Waals surface area contributed by atoms with Crippen LogP contribution in [0.3, 0.4) is 0 Å². The molecule has 23 heavy (non-hydrogen) atoms. The van der Waals surface area contributed by atoms with E-state index < -0.39 is 5.60 Å². The van der Waals surface area contributed by atoms with Gasteiger partial charge in [-0.25, -0.2) is 9.97 Å². The zero-order chi connectivity index (χ0) is 16.6. The molecule has 126 valence electrons. The summed E-state index contributed by atoms with van der Waals surface area (Å²) in [6, 6.07) is 0. The van der Waals surface area contributed by atoms with Crippen LogP contribution in [-0.2, 0) is 25.8 Å². The normalized spacial score (nSPS) is 15.1. The maximum atomic E-state index is 10.4. The molecule has 0 saturated heterocycles. The first-order chi connectivity index (χ1) is 10.9. The summed E-state index contributed by atoms with van der Waals surface area (Å²) in [6.07, 6.45) is 7.51. The van der Waals surface area contributed by atoms with Crippen molar-refractivity contribution in [2.24, 2.45) is 0 Å². The second-order valence-electron chi connectivity index (χ2n) is 7.36. The van der Waals surface area contributed by atoms with Crippen LogP contribution in [0.5, 0.6) is 0 Å². The topological polar surface area (TPSA) is 77.0 Å². The van der Waals surface area contributed by atoms with Crippen molar-refractivity contribution >= 4 is 16.9 Å². The van der Waals surface area contributed by atoms with Gasteiger partial charge in [0.1, 0.15) is 11.3 Å². The van der Waals surface area contributed by atoms with E-state index in [1.54, 1.807) is 0 Å². The quantitative estimate of drug-likeness (QED) is 0.889. The lowest BCUT2D eigenvalue weighted by Crippen LogP contribution is -2.27. The molecule has 5 heteroatoms. The predicted molar refractivity (Wildman–Crippen MR) is 93.5 cm³/mol. The van der Waals surface area contributed by atoms with Gasteiger partial charge in [0.15, 0.2) is 5.82 Å². The van der Waals surface area contributed by atoms with E-state index in [0.29, 0.717) is 12.4 Å². The molecule has 0 aromatic carbocycles. The molecule has 3 rings (SSSR count). The third-order valence-corrected chi connectivity index (χ3v) is 4.57. The number of unbranched alkanes of at least 4 members (excludes halogenated alkanes) is 1. The second-order valence-corrected chi connectivity index (χ2v) is 7.36. The molecule has 0 amide bonds. The molecule has 0 saturated carbocycles. The van der Waals surface area contributed by atoms with Crippen molar-refractivity contribution in [2.45, 2.75) is 77.9 Å². The minimum absolute atomic E-state index is 0.535. The van der Waals surface area contributed by atoms with Gasteiger partial charge >= 0.3 is 0 Å². The predicted octanol–water partition coefficient (Wildman–Crippen LogP) is 3.01. The molecule has 2 aromatic rings. The highest BCUT2D eigenvalue weighted by Gasteiger charge is 2.25. The number of aryl methyl sites for hydroxylation is 3. The first kappa shape index (κ1) is 16.2. The lowest BCUT2D eigenvalue weighted by molar-refractivity contribution is 0.0617. The average Bonchev–Trinajstić information content (AvgIpc) is 2.83. The monoisotopic (exact) mass is 316 g/mol. The Bertz CT molecular complexity index is 712. The number of nitrogen functional groups attached to an aromatic ring is 1. The van der Waals surface area contributed by atoms with Crippen molar-refractivity contribution in [3.8, 4) is 0 Å². The van der Waals surface area contributed by atoms with Crippen LogP contribution in [0.1, 0.15) is 63.5 Å². The fourth-order valence-corrected chi connectivity index (χ4v) is 3.53. The maximum absolute atomic E-state index is 10.4. The van der Waals surface area contributed by atoms with Gasteiger partial charge in [-0.1, -0.05) is 13.3 Å². The van der Waals surface area contributed by atoms with Gasteiger partial charge in [0.25, 0.3) is 0 Å². The highest BCUT2D eigenvalue weighted by atomic mass is 16.3. The second kappa shape index (κ2) is 6.11. The van der Waals surface area contributed by atoms with E-state index >= 15 is 0 Å². The largest absolute Gasteiger partial charge is 0.389 e. The molecule has 0 unspecified atom stereocenters. The molecular weight excluding hydrogens is 288 g/mol. The van der Waals surface area contributed by atoms with Gasteiger partial charge in [-0.2, -0.15) is 0 Å². The molecule has 0 spiro atoms. The molecule has 0 radical (unpaired) electrons. The molecule has 0 bridgehead atoms. The van der Waals surface area contributed by atoms with Gasteiger partial charge in [-0.15, -0.1) is 0 Å². The van der Waals surface area contributed by atoms with E-state index in [4.69, 9.17) is 10.7 Å². The van der Waals surface area contributed by atoms with E-state index in [2.05, 4.69) is 16.5 Å². The Morgan fingerprint density at radius 3 is 2.65 bits per heavy atom. The summed E-state index contributed by atoms with van der Waals surface area (Å²) < 4.78 is 2.20. The van der Waals surface area contributed by atoms with Crippen molar-refractivity contribution in [2.75, 3.05) is 5.73 Å². The number of aromatic nitrogens is 3. The number of pyridine rings is 1. The molecule has 2 aromatic heterocycles. The minimum atomic E-state index is -0.784. The van der Waals surface area contributed by atoms with Crippen LogP contribution in [0.2, 0.25) is 0 Å². The number of hydrogen-bond donors (Lipinski definition) is 2. The van der Waals surface area contributed by atoms with E-state index in [0.717, 1.165) is 54.7 Å². The average molecular weight is 316 g/mol. The van der Waals surface area contributed by atoms with E-state index in [-0.39, 0.29) is 0 Å². The fourth-order valence-electron chi connectivity index (χ4n) is 3.53. The van der Waals surface area contributed by atoms with Crippen LogP contribution >= 0.6 is 0 Å². The maximum Gasteiger partial charge on any atom is 0.151 e. The molecular formula is C18H28N4O. The Hall–Kier alpha value is -1.62. The lowest BCUT2D eigenvalue weighted by atomic mass is 9.94. The summed E-state index contributed by atoms with van der Waals surface area (Å²) in [4.78, 5) is 9.42. The molecule has 0 fully saturated rings. The first-order valence-corrected chi connectivity index (χ1v) is 8.79. The van der Waals surface area contributed by atoms with Crippen molar-refractivity contribution < 1.29 is 5.11 Å². The highest BCUT2D eigenvalue weighted by molar-refractivity contribution is 5.89. The van der Waals surface area contributed by atoms with Crippen LogP contribution in [0.25, 0.3) is 11.0 Å². The van der Waals surface area contributed by atoms with Crippen molar-refractivity contribution in [3.05, 3.63) is 17.1 Å². The van der Waals surface area contributed by atoms with Crippen LogP contribution in [0.15, 0.2) is 0 Å². The zero-order valence-electron chi connectivity index (χ0n) is 14.5. The van der Waals surface area contributed by atoms with Crippen molar-refractivity contribution in [3.63, 3.8) is 0 Å². The van der Waals surface area contributed by atoms with Gasteiger partial charge in [0, 0.05) is 12.1 Å².